The third-order valence-electron chi connectivity index (χ3n) is 4.71. The maximum atomic E-state index is 13.1. The molecule has 0 saturated carbocycles. The van der Waals surface area contributed by atoms with Crippen molar-refractivity contribution in [3.05, 3.63) is 57.5 Å². The molecule has 0 aromatic heterocycles. The summed E-state index contributed by atoms with van der Waals surface area (Å²) in [7, 11) is -7.43. The van der Waals surface area contributed by atoms with Gasteiger partial charge in [-0.1, -0.05) is 31.9 Å². The SMILES string of the molecule is C[C@@H]1CN(S(=O)(=O)c2ccc(Br)cc2)[C@@H](C)CN1S(=O)(=O)c1ccc(Br)cc1. The van der Waals surface area contributed by atoms with Crippen LogP contribution in [0.25, 0.3) is 0 Å². The topological polar surface area (TPSA) is 74.8 Å². The van der Waals surface area contributed by atoms with Gasteiger partial charge in [-0.05, 0) is 62.4 Å². The van der Waals surface area contributed by atoms with E-state index in [1.807, 2.05) is 0 Å². The first kappa shape index (κ1) is 21.9. The van der Waals surface area contributed by atoms with E-state index in [-0.39, 0.29) is 22.9 Å². The fourth-order valence-electron chi connectivity index (χ4n) is 3.22. The van der Waals surface area contributed by atoms with Gasteiger partial charge in [0.15, 0.2) is 0 Å². The zero-order valence-electron chi connectivity index (χ0n) is 15.3. The van der Waals surface area contributed by atoms with Crippen molar-refractivity contribution in [1.82, 2.24) is 8.61 Å². The van der Waals surface area contributed by atoms with Crippen molar-refractivity contribution < 1.29 is 16.8 Å². The minimum absolute atomic E-state index is 0.0926. The number of hydrogen-bond acceptors (Lipinski definition) is 4. The van der Waals surface area contributed by atoms with Crippen LogP contribution >= 0.6 is 31.9 Å². The van der Waals surface area contributed by atoms with Crippen molar-refractivity contribution in [3.63, 3.8) is 0 Å². The van der Waals surface area contributed by atoms with Crippen LogP contribution in [-0.4, -0.2) is 50.6 Å². The Morgan fingerprint density at radius 1 is 0.679 bits per heavy atom. The summed E-state index contributed by atoms with van der Waals surface area (Å²) in [5, 5.41) is 0. The van der Waals surface area contributed by atoms with Gasteiger partial charge in [-0.2, -0.15) is 8.61 Å². The molecule has 6 nitrogen and oxygen atoms in total. The van der Waals surface area contributed by atoms with Gasteiger partial charge in [-0.15, -0.1) is 0 Å². The normalized spacial score (nSPS) is 22.3. The molecule has 0 N–H and O–H groups in total. The van der Waals surface area contributed by atoms with Crippen LogP contribution in [0.15, 0.2) is 67.3 Å². The smallest absolute Gasteiger partial charge is 0.207 e. The average molecular weight is 552 g/mol. The van der Waals surface area contributed by atoms with Crippen molar-refractivity contribution >= 4 is 51.9 Å². The third kappa shape index (κ3) is 4.22. The first-order chi connectivity index (χ1) is 13.0. The number of benzene rings is 2. The molecule has 0 spiro atoms. The van der Waals surface area contributed by atoms with E-state index >= 15 is 0 Å². The maximum Gasteiger partial charge on any atom is 0.243 e. The van der Waals surface area contributed by atoms with E-state index in [2.05, 4.69) is 31.9 Å². The van der Waals surface area contributed by atoms with Crippen molar-refractivity contribution in [3.8, 4) is 0 Å². The number of piperazine rings is 1. The Morgan fingerprint density at radius 3 is 1.25 bits per heavy atom. The lowest BCUT2D eigenvalue weighted by Gasteiger charge is -2.42. The summed E-state index contributed by atoms with van der Waals surface area (Å²) in [5.41, 5.74) is 0. The molecule has 1 aliphatic rings. The lowest BCUT2D eigenvalue weighted by atomic mass is 10.2. The second-order valence-electron chi connectivity index (χ2n) is 6.76. The summed E-state index contributed by atoms with van der Waals surface area (Å²) in [6.07, 6.45) is 0. The zero-order valence-corrected chi connectivity index (χ0v) is 20.1. The Labute approximate surface area is 182 Å². The number of rotatable bonds is 4. The zero-order chi connectivity index (χ0) is 20.7. The predicted octanol–water partition coefficient (Wildman–Crippen LogP) is 3.68. The Bertz CT molecular complexity index is 968. The van der Waals surface area contributed by atoms with Gasteiger partial charge in [-0.3, -0.25) is 0 Å². The van der Waals surface area contributed by atoms with Crippen LogP contribution in [0.3, 0.4) is 0 Å². The highest BCUT2D eigenvalue weighted by atomic mass is 79.9. The van der Waals surface area contributed by atoms with Crippen LogP contribution in [0.5, 0.6) is 0 Å². The molecule has 0 bridgehead atoms. The molecular formula is C18H20Br2N2O4S2. The maximum absolute atomic E-state index is 13.1. The molecule has 152 valence electrons. The Kier molecular flexibility index (Phi) is 6.38. The average Bonchev–Trinajstić information content (AvgIpc) is 2.63. The molecule has 3 rings (SSSR count). The van der Waals surface area contributed by atoms with E-state index in [1.54, 1.807) is 62.4 Å². The molecule has 0 radical (unpaired) electrons. The first-order valence-corrected chi connectivity index (χ1v) is 13.0. The molecule has 1 saturated heterocycles. The van der Waals surface area contributed by atoms with Crippen molar-refractivity contribution in [1.29, 1.82) is 0 Å². The van der Waals surface area contributed by atoms with Gasteiger partial charge in [0.2, 0.25) is 20.0 Å². The van der Waals surface area contributed by atoms with Crippen molar-refractivity contribution in [2.45, 2.75) is 35.7 Å². The van der Waals surface area contributed by atoms with E-state index in [9.17, 15) is 16.8 Å². The summed E-state index contributed by atoms with van der Waals surface area (Å²) in [6, 6.07) is 11.9. The molecule has 2 aromatic rings. The standard InChI is InChI=1S/C18H20Br2N2O4S2/c1-13-11-22(28(25,26)18-9-5-16(20)6-10-18)14(2)12-21(13)27(23,24)17-7-3-15(19)4-8-17/h3-10,13-14H,11-12H2,1-2H3/t13-,14+. The Morgan fingerprint density at radius 2 is 0.964 bits per heavy atom. The van der Waals surface area contributed by atoms with Gasteiger partial charge in [0.25, 0.3) is 0 Å². The highest BCUT2D eigenvalue weighted by molar-refractivity contribution is 9.10. The molecule has 10 heteroatoms. The van der Waals surface area contributed by atoms with Crippen LogP contribution in [-0.2, 0) is 20.0 Å². The summed E-state index contributed by atoms with van der Waals surface area (Å²) in [4.78, 5) is 0.387. The highest BCUT2D eigenvalue weighted by Crippen LogP contribution is 2.29. The lowest BCUT2D eigenvalue weighted by Crippen LogP contribution is -2.59. The second-order valence-corrected chi connectivity index (χ2v) is 12.4. The summed E-state index contributed by atoms with van der Waals surface area (Å²) < 4.78 is 56.6. The first-order valence-electron chi connectivity index (χ1n) is 8.58. The number of nitrogens with zero attached hydrogens (tertiary/aromatic N) is 2. The van der Waals surface area contributed by atoms with E-state index in [1.165, 1.54) is 8.61 Å². The summed E-state index contributed by atoms with van der Waals surface area (Å²) in [6.45, 7) is 3.64. The fourth-order valence-corrected chi connectivity index (χ4v) is 7.15. The van der Waals surface area contributed by atoms with Crippen molar-refractivity contribution in [2.24, 2.45) is 0 Å². The predicted molar refractivity (Wildman–Crippen MR) is 115 cm³/mol. The molecule has 0 unspecified atom stereocenters. The van der Waals surface area contributed by atoms with Crippen molar-refractivity contribution in [2.75, 3.05) is 13.1 Å². The number of hydrogen-bond donors (Lipinski definition) is 0. The van der Waals surface area contributed by atoms with Crippen LogP contribution < -0.4 is 0 Å². The minimum Gasteiger partial charge on any atom is -0.207 e. The molecule has 2 atom stereocenters. The van der Waals surface area contributed by atoms with Crippen LogP contribution in [0.4, 0.5) is 0 Å². The molecule has 1 aliphatic heterocycles. The molecule has 0 aliphatic carbocycles. The molecular weight excluding hydrogens is 532 g/mol. The van der Waals surface area contributed by atoms with Gasteiger partial charge in [0, 0.05) is 34.1 Å². The van der Waals surface area contributed by atoms with Crippen LogP contribution in [0, 0.1) is 0 Å². The third-order valence-corrected chi connectivity index (χ3v) is 9.76. The molecule has 2 aromatic carbocycles. The van der Waals surface area contributed by atoms with E-state index in [4.69, 9.17) is 0 Å². The monoisotopic (exact) mass is 550 g/mol. The summed E-state index contributed by atoms with van der Waals surface area (Å²) >= 11 is 6.60. The molecule has 0 amide bonds. The molecule has 1 heterocycles. The summed E-state index contributed by atoms with van der Waals surface area (Å²) in [5.74, 6) is 0. The van der Waals surface area contributed by atoms with Gasteiger partial charge >= 0.3 is 0 Å². The van der Waals surface area contributed by atoms with Crippen LogP contribution in [0.1, 0.15) is 13.8 Å². The Hall–Kier alpha value is -0.780. The van der Waals surface area contributed by atoms with Gasteiger partial charge in [0.05, 0.1) is 9.79 Å². The highest BCUT2D eigenvalue weighted by Gasteiger charge is 2.41. The lowest BCUT2D eigenvalue weighted by molar-refractivity contribution is 0.163. The fraction of sp³-hybridized carbons (Fsp3) is 0.333. The van der Waals surface area contributed by atoms with E-state index < -0.39 is 32.1 Å². The quantitative estimate of drug-likeness (QED) is 0.581. The van der Waals surface area contributed by atoms with Gasteiger partial charge in [-0.25, -0.2) is 16.8 Å². The Balaban J connectivity index is 1.88. The van der Waals surface area contributed by atoms with Gasteiger partial charge < -0.3 is 0 Å². The van der Waals surface area contributed by atoms with E-state index in [0.29, 0.717) is 0 Å². The van der Waals surface area contributed by atoms with Gasteiger partial charge in [0.1, 0.15) is 0 Å². The minimum atomic E-state index is -3.72. The number of sulfonamides is 2. The second kappa shape index (κ2) is 8.16. The molecule has 1 fully saturated rings. The van der Waals surface area contributed by atoms with E-state index in [0.717, 1.165) is 8.95 Å². The largest absolute Gasteiger partial charge is 0.243 e. The number of halogens is 2. The van der Waals surface area contributed by atoms with Crippen LogP contribution in [0.2, 0.25) is 0 Å². The molecule has 28 heavy (non-hydrogen) atoms.